The van der Waals surface area contributed by atoms with E-state index in [1.54, 1.807) is 6.20 Å². The van der Waals surface area contributed by atoms with Crippen molar-refractivity contribution in [1.82, 2.24) is 14.8 Å². The largest absolute Gasteiger partial charge is 0.384 e. The highest BCUT2D eigenvalue weighted by molar-refractivity contribution is 5.43. The van der Waals surface area contributed by atoms with Gasteiger partial charge in [-0.1, -0.05) is 6.92 Å². The van der Waals surface area contributed by atoms with Crippen molar-refractivity contribution in [3.05, 3.63) is 35.3 Å². The molecule has 0 aliphatic heterocycles. The van der Waals surface area contributed by atoms with Crippen molar-refractivity contribution < 1.29 is 0 Å². The minimum absolute atomic E-state index is 0.517. The number of nitrogens with zero attached hydrogens (tertiary/aromatic N) is 3. The van der Waals surface area contributed by atoms with Gasteiger partial charge < -0.3 is 5.73 Å². The highest BCUT2D eigenvalue weighted by Crippen LogP contribution is 2.18. The Morgan fingerprint density at radius 1 is 1.38 bits per heavy atom. The van der Waals surface area contributed by atoms with Crippen molar-refractivity contribution in [2.45, 2.75) is 27.2 Å². The summed E-state index contributed by atoms with van der Waals surface area (Å²) in [6.07, 6.45) is 2.70. The van der Waals surface area contributed by atoms with Gasteiger partial charge in [0.25, 0.3) is 0 Å². The highest BCUT2D eigenvalue weighted by Gasteiger charge is 2.10. The second kappa shape index (κ2) is 3.96. The molecule has 0 radical (unpaired) electrons. The molecule has 16 heavy (non-hydrogen) atoms. The van der Waals surface area contributed by atoms with Crippen LogP contribution in [-0.2, 0) is 6.42 Å². The van der Waals surface area contributed by atoms with Gasteiger partial charge in [-0.15, -0.1) is 0 Å². The van der Waals surface area contributed by atoms with Crippen molar-refractivity contribution in [1.29, 1.82) is 0 Å². The van der Waals surface area contributed by atoms with E-state index in [0.29, 0.717) is 5.82 Å². The second-order valence-electron chi connectivity index (χ2n) is 3.85. The van der Waals surface area contributed by atoms with Crippen LogP contribution in [0.15, 0.2) is 18.3 Å². The Morgan fingerprint density at radius 3 is 2.69 bits per heavy atom. The van der Waals surface area contributed by atoms with E-state index in [9.17, 15) is 0 Å². The molecule has 4 nitrogen and oxygen atoms in total. The highest BCUT2D eigenvalue weighted by atomic mass is 15.3. The lowest BCUT2D eigenvalue weighted by Crippen LogP contribution is -2.01. The summed E-state index contributed by atoms with van der Waals surface area (Å²) in [6.45, 7) is 6.25. The maximum Gasteiger partial charge on any atom is 0.125 e. The van der Waals surface area contributed by atoms with E-state index in [1.807, 2.05) is 23.7 Å². The molecule has 0 saturated carbocycles. The van der Waals surface area contributed by atoms with Gasteiger partial charge in [0.05, 0.1) is 11.4 Å². The van der Waals surface area contributed by atoms with Crippen LogP contribution in [0.3, 0.4) is 0 Å². The third kappa shape index (κ3) is 1.66. The van der Waals surface area contributed by atoms with E-state index in [4.69, 9.17) is 5.73 Å². The Kier molecular flexibility index (Phi) is 2.64. The van der Waals surface area contributed by atoms with Crippen LogP contribution in [0.4, 0.5) is 5.82 Å². The average Bonchev–Trinajstić information content (AvgIpc) is 2.54. The molecule has 0 aliphatic carbocycles. The van der Waals surface area contributed by atoms with Gasteiger partial charge >= 0.3 is 0 Å². The minimum atomic E-state index is 0.517. The van der Waals surface area contributed by atoms with Gasteiger partial charge in [-0.25, -0.2) is 9.67 Å². The number of aromatic nitrogens is 3. The number of pyridine rings is 1. The fourth-order valence-electron chi connectivity index (χ4n) is 2.01. The quantitative estimate of drug-likeness (QED) is 0.835. The van der Waals surface area contributed by atoms with Gasteiger partial charge in [-0.2, -0.15) is 5.10 Å². The Balaban J connectivity index is 2.56. The van der Waals surface area contributed by atoms with Crippen LogP contribution in [-0.4, -0.2) is 14.8 Å². The van der Waals surface area contributed by atoms with Crippen LogP contribution >= 0.6 is 0 Å². The lowest BCUT2D eigenvalue weighted by atomic mass is 10.1. The van der Waals surface area contributed by atoms with Crippen LogP contribution in [0.5, 0.6) is 0 Å². The Labute approximate surface area is 95.1 Å². The minimum Gasteiger partial charge on any atom is -0.384 e. The second-order valence-corrected chi connectivity index (χ2v) is 3.85. The summed E-state index contributed by atoms with van der Waals surface area (Å²) in [5.74, 6) is 0.517. The zero-order valence-corrected chi connectivity index (χ0v) is 9.86. The van der Waals surface area contributed by atoms with Crippen LogP contribution in [0.2, 0.25) is 0 Å². The fourth-order valence-corrected chi connectivity index (χ4v) is 2.01. The van der Waals surface area contributed by atoms with E-state index < -0.39 is 0 Å². The SMILES string of the molecule is CCc1c(C)nn(-c2ccnc(N)c2)c1C. The predicted octanol–water partition coefficient (Wildman–Crippen LogP) is 2.03. The van der Waals surface area contributed by atoms with E-state index in [1.165, 1.54) is 11.3 Å². The number of hydrogen-bond acceptors (Lipinski definition) is 3. The summed E-state index contributed by atoms with van der Waals surface area (Å²) < 4.78 is 1.92. The van der Waals surface area contributed by atoms with Crippen molar-refractivity contribution >= 4 is 5.82 Å². The molecule has 0 fully saturated rings. The average molecular weight is 216 g/mol. The summed E-state index contributed by atoms with van der Waals surface area (Å²) in [7, 11) is 0. The standard InChI is InChI=1S/C12H16N4/c1-4-11-8(2)15-16(9(11)3)10-5-6-14-12(13)7-10/h5-7H,4H2,1-3H3,(H2,13,14). The van der Waals surface area contributed by atoms with E-state index in [2.05, 4.69) is 23.9 Å². The molecule has 84 valence electrons. The molecule has 0 atom stereocenters. The Morgan fingerprint density at radius 2 is 2.12 bits per heavy atom. The number of nitrogen functional groups attached to an aromatic ring is 1. The zero-order chi connectivity index (χ0) is 11.7. The molecule has 2 aromatic rings. The van der Waals surface area contributed by atoms with Crippen LogP contribution in [0.1, 0.15) is 23.9 Å². The van der Waals surface area contributed by atoms with Crippen molar-refractivity contribution in [2.75, 3.05) is 5.73 Å². The molecule has 2 heterocycles. The Hall–Kier alpha value is -1.84. The van der Waals surface area contributed by atoms with E-state index >= 15 is 0 Å². The lowest BCUT2D eigenvalue weighted by molar-refractivity contribution is 0.831. The van der Waals surface area contributed by atoms with Crippen LogP contribution in [0.25, 0.3) is 5.69 Å². The molecule has 0 amide bonds. The molecule has 4 heteroatoms. The molecule has 0 aliphatic rings. The van der Waals surface area contributed by atoms with Gasteiger partial charge in [0.2, 0.25) is 0 Å². The first-order chi connectivity index (χ1) is 7.63. The van der Waals surface area contributed by atoms with Crippen LogP contribution < -0.4 is 5.73 Å². The first-order valence-electron chi connectivity index (χ1n) is 5.40. The first-order valence-corrected chi connectivity index (χ1v) is 5.40. The number of rotatable bonds is 2. The molecule has 2 rings (SSSR count). The molecule has 0 unspecified atom stereocenters. The van der Waals surface area contributed by atoms with E-state index in [0.717, 1.165) is 17.8 Å². The molecule has 0 spiro atoms. The van der Waals surface area contributed by atoms with Crippen molar-refractivity contribution in [3.63, 3.8) is 0 Å². The molecular formula is C12H16N4. The normalized spacial score (nSPS) is 10.7. The fraction of sp³-hybridized carbons (Fsp3) is 0.333. The number of aryl methyl sites for hydroxylation is 1. The third-order valence-corrected chi connectivity index (χ3v) is 2.80. The molecule has 0 saturated heterocycles. The monoisotopic (exact) mass is 216 g/mol. The molecule has 0 bridgehead atoms. The van der Waals surface area contributed by atoms with Gasteiger partial charge in [-0.05, 0) is 31.9 Å². The van der Waals surface area contributed by atoms with Gasteiger partial charge in [0.15, 0.2) is 0 Å². The molecule has 0 aromatic carbocycles. The smallest absolute Gasteiger partial charge is 0.125 e. The number of hydrogen-bond donors (Lipinski definition) is 1. The summed E-state index contributed by atoms with van der Waals surface area (Å²) in [5.41, 5.74) is 10.2. The summed E-state index contributed by atoms with van der Waals surface area (Å²) in [4.78, 5) is 3.98. The Bertz CT molecular complexity index is 514. The summed E-state index contributed by atoms with van der Waals surface area (Å²) in [6, 6.07) is 3.74. The number of nitrogens with two attached hydrogens (primary N) is 1. The van der Waals surface area contributed by atoms with Gasteiger partial charge in [0, 0.05) is 18.0 Å². The topological polar surface area (TPSA) is 56.7 Å². The summed E-state index contributed by atoms with van der Waals surface area (Å²) in [5, 5.41) is 4.53. The van der Waals surface area contributed by atoms with Crippen LogP contribution in [0, 0.1) is 13.8 Å². The van der Waals surface area contributed by atoms with Crippen molar-refractivity contribution in [3.8, 4) is 5.69 Å². The van der Waals surface area contributed by atoms with Gasteiger partial charge in [0.1, 0.15) is 5.82 Å². The summed E-state index contributed by atoms with van der Waals surface area (Å²) >= 11 is 0. The van der Waals surface area contributed by atoms with Crippen molar-refractivity contribution in [2.24, 2.45) is 0 Å². The third-order valence-electron chi connectivity index (χ3n) is 2.80. The van der Waals surface area contributed by atoms with Gasteiger partial charge in [-0.3, -0.25) is 0 Å². The molecule has 2 aromatic heterocycles. The number of anilines is 1. The lowest BCUT2D eigenvalue weighted by Gasteiger charge is -2.05. The van der Waals surface area contributed by atoms with E-state index in [-0.39, 0.29) is 0 Å². The molecule has 2 N–H and O–H groups in total. The predicted molar refractivity (Wildman–Crippen MR) is 64.6 cm³/mol. The molecular weight excluding hydrogens is 200 g/mol. The maximum atomic E-state index is 5.67. The zero-order valence-electron chi connectivity index (χ0n) is 9.86. The first kappa shape index (κ1) is 10.7. The maximum absolute atomic E-state index is 5.67.